The zero-order chi connectivity index (χ0) is 19.1. The lowest BCUT2D eigenvalue weighted by molar-refractivity contribution is 0.344. The molecular weight excluding hydrogens is 574 g/mol. The summed E-state index contributed by atoms with van der Waals surface area (Å²) >= 11 is 4.79. The maximum Gasteiger partial charge on any atom is 0.128 e. The Morgan fingerprint density at radius 1 is 0.571 bits per heavy atom. The van der Waals surface area contributed by atoms with E-state index in [-0.39, 0.29) is 0 Å². The van der Waals surface area contributed by atoms with Crippen LogP contribution in [0, 0.1) is 0 Å². The number of hydrogen-bond acceptors (Lipinski definition) is 2. The quantitative estimate of drug-likeness (QED) is 0.304. The molecule has 138 valence electrons. The molecule has 0 radical (unpaired) electrons. The van der Waals surface area contributed by atoms with E-state index in [9.17, 15) is 0 Å². The van der Waals surface area contributed by atoms with Crippen LogP contribution in [-0.2, 0) is 0 Å². The normalized spacial score (nSPS) is 15.5. The van der Waals surface area contributed by atoms with Crippen LogP contribution in [0.3, 0.4) is 0 Å². The second kappa shape index (κ2) is 7.55. The molecule has 2 heterocycles. The summed E-state index contributed by atoms with van der Waals surface area (Å²) in [5, 5.41) is 0. The van der Waals surface area contributed by atoms with Gasteiger partial charge in [0.05, 0.1) is 0 Å². The molecule has 3 aromatic carbocycles. The Morgan fingerprint density at radius 2 is 0.964 bits per heavy atom. The van der Waals surface area contributed by atoms with Gasteiger partial charge < -0.3 is 9.47 Å². The van der Waals surface area contributed by atoms with Crippen LogP contribution in [-0.4, -0.2) is 13.2 Å². The highest BCUT2D eigenvalue weighted by atomic mass is 127. The zero-order valence-electron chi connectivity index (χ0n) is 14.9. The average molecular weight is 590 g/mol. The second-order valence-corrected chi connectivity index (χ2v) is 9.32. The van der Waals surface area contributed by atoms with E-state index in [1.807, 2.05) is 12.1 Å². The third-order valence-electron chi connectivity index (χ3n) is 5.00. The molecule has 0 unspecified atom stereocenters. The molecular formula is C24H16I2O2. The third kappa shape index (κ3) is 3.16. The first-order valence-corrected chi connectivity index (χ1v) is 11.2. The molecule has 0 aliphatic carbocycles. The van der Waals surface area contributed by atoms with Crippen LogP contribution < -0.4 is 9.47 Å². The number of benzene rings is 3. The van der Waals surface area contributed by atoms with E-state index >= 15 is 0 Å². The van der Waals surface area contributed by atoms with Crippen molar-refractivity contribution in [1.29, 1.82) is 0 Å². The first kappa shape index (κ1) is 18.2. The van der Waals surface area contributed by atoms with Crippen LogP contribution in [0.1, 0.15) is 22.3 Å². The van der Waals surface area contributed by atoms with E-state index in [0.717, 1.165) is 22.6 Å². The standard InChI is InChI=1S/C24H16I2O2/c25-19-13-27-21-12-18-22(11-17(21)23(19)15-7-3-1-4-8-15)28-14-20(26)24(18)16-9-5-2-6-10-16/h1-12H,13-14H2. The summed E-state index contributed by atoms with van der Waals surface area (Å²) in [6.45, 7) is 1.19. The molecule has 0 amide bonds. The molecule has 2 nitrogen and oxygen atoms in total. The monoisotopic (exact) mass is 590 g/mol. The average Bonchev–Trinajstić information content (AvgIpc) is 2.74. The zero-order valence-corrected chi connectivity index (χ0v) is 19.2. The van der Waals surface area contributed by atoms with Crippen LogP contribution in [0.15, 0.2) is 80.0 Å². The molecule has 0 N–H and O–H groups in total. The molecule has 0 spiro atoms. The fourth-order valence-electron chi connectivity index (χ4n) is 3.74. The van der Waals surface area contributed by atoms with Gasteiger partial charge in [0.1, 0.15) is 24.7 Å². The SMILES string of the molecule is IC1=C(c2ccccc2)c2cc3c(cc2OC1)C(c1ccccc1)=C(I)CO3. The summed E-state index contributed by atoms with van der Waals surface area (Å²) < 4.78 is 14.7. The maximum absolute atomic E-state index is 6.13. The van der Waals surface area contributed by atoms with E-state index < -0.39 is 0 Å². The predicted octanol–water partition coefficient (Wildman–Crippen LogP) is 6.86. The van der Waals surface area contributed by atoms with Gasteiger partial charge in [0.25, 0.3) is 0 Å². The van der Waals surface area contributed by atoms with Gasteiger partial charge in [0.2, 0.25) is 0 Å². The van der Waals surface area contributed by atoms with Crippen molar-refractivity contribution in [3.63, 3.8) is 0 Å². The van der Waals surface area contributed by atoms with Crippen LogP contribution in [0.5, 0.6) is 11.5 Å². The van der Waals surface area contributed by atoms with Gasteiger partial charge in [0, 0.05) is 29.4 Å². The van der Waals surface area contributed by atoms with Gasteiger partial charge >= 0.3 is 0 Å². The van der Waals surface area contributed by atoms with Crippen molar-refractivity contribution in [1.82, 2.24) is 0 Å². The summed E-state index contributed by atoms with van der Waals surface area (Å²) in [5.74, 6) is 1.84. The van der Waals surface area contributed by atoms with Gasteiger partial charge in [-0.2, -0.15) is 0 Å². The molecule has 4 heteroatoms. The van der Waals surface area contributed by atoms with Crippen molar-refractivity contribution >= 4 is 56.3 Å². The summed E-state index contributed by atoms with van der Waals surface area (Å²) in [6.07, 6.45) is 0. The van der Waals surface area contributed by atoms with Crippen molar-refractivity contribution in [2.45, 2.75) is 0 Å². The molecule has 0 saturated carbocycles. The largest absolute Gasteiger partial charge is 0.488 e. The van der Waals surface area contributed by atoms with Gasteiger partial charge in [0.15, 0.2) is 0 Å². The topological polar surface area (TPSA) is 18.5 Å². The number of hydrogen-bond donors (Lipinski definition) is 0. The first-order chi connectivity index (χ1) is 13.7. The molecule has 0 aromatic heterocycles. The predicted molar refractivity (Wildman–Crippen MR) is 130 cm³/mol. The number of halogens is 2. The molecule has 5 rings (SSSR count). The van der Waals surface area contributed by atoms with Crippen LogP contribution in [0.4, 0.5) is 0 Å². The fourth-order valence-corrected chi connectivity index (χ4v) is 5.26. The Bertz CT molecular complexity index is 1020. The lowest BCUT2D eigenvalue weighted by atomic mass is 9.90. The van der Waals surface area contributed by atoms with E-state index in [2.05, 4.69) is 106 Å². The molecule has 2 aliphatic heterocycles. The Labute approximate surface area is 191 Å². The Kier molecular flexibility index (Phi) is 4.92. The molecule has 3 aromatic rings. The molecule has 2 aliphatic rings. The van der Waals surface area contributed by atoms with Crippen molar-refractivity contribution in [3.8, 4) is 11.5 Å². The van der Waals surface area contributed by atoms with E-state index in [0.29, 0.717) is 13.2 Å². The molecule has 0 atom stereocenters. The smallest absolute Gasteiger partial charge is 0.128 e. The van der Waals surface area contributed by atoms with Crippen molar-refractivity contribution < 1.29 is 9.47 Å². The Hall–Kier alpha value is -1.80. The summed E-state index contributed by atoms with van der Waals surface area (Å²) in [5.41, 5.74) is 7.09. The van der Waals surface area contributed by atoms with Gasteiger partial charge in [-0.3, -0.25) is 0 Å². The third-order valence-corrected chi connectivity index (χ3v) is 6.70. The highest BCUT2D eigenvalue weighted by molar-refractivity contribution is 14.1. The van der Waals surface area contributed by atoms with Crippen LogP contribution in [0.2, 0.25) is 0 Å². The minimum Gasteiger partial charge on any atom is -0.488 e. The van der Waals surface area contributed by atoms with E-state index in [4.69, 9.17) is 9.47 Å². The summed E-state index contributed by atoms with van der Waals surface area (Å²) in [4.78, 5) is 0. The lowest BCUT2D eigenvalue weighted by Gasteiger charge is -2.27. The first-order valence-electron chi connectivity index (χ1n) is 9.05. The Morgan fingerprint density at radius 3 is 1.36 bits per heavy atom. The molecule has 0 fully saturated rings. The summed E-state index contributed by atoms with van der Waals surface area (Å²) in [7, 11) is 0. The fraction of sp³-hybridized carbons (Fsp3) is 0.0833. The molecule has 28 heavy (non-hydrogen) atoms. The molecule has 0 bridgehead atoms. The van der Waals surface area contributed by atoms with Crippen molar-refractivity contribution in [2.75, 3.05) is 13.2 Å². The minimum absolute atomic E-state index is 0.596. The minimum atomic E-state index is 0.596. The Balaban J connectivity index is 1.69. The van der Waals surface area contributed by atoms with Crippen LogP contribution in [0.25, 0.3) is 11.1 Å². The number of fused-ring (bicyclic) bond motifs is 2. The van der Waals surface area contributed by atoms with Crippen LogP contribution >= 0.6 is 45.2 Å². The van der Waals surface area contributed by atoms with Crippen molar-refractivity contribution in [2.24, 2.45) is 0 Å². The van der Waals surface area contributed by atoms with Gasteiger partial charge in [-0.25, -0.2) is 0 Å². The highest BCUT2D eigenvalue weighted by Gasteiger charge is 2.27. The van der Waals surface area contributed by atoms with E-state index in [1.165, 1.54) is 29.4 Å². The molecule has 0 saturated heterocycles. The lowest BCUT2D eigenvalue weighted by Crippen LogP contribution is -2.13. The van der Waals surface area contributed by atoms with Gasteiger partial charge in [-0.05, 0) is 68.4 Å². The van der Waals surface area contributed by atoms with Crippen molar-refractivity contribution in [3.05, 3.63) is 102 Å². The van der Waals surface area contributed by atoms with Gasteiger partial charge in [-0.15, -0.1) is 0 Å². The highest BCUT2D eigenvalue weighted by Crippen LogP contribution is 2.47. The summed E-state index contributed by atoms with van der Waals surface area (Å²) in [6, 6.07) is 25.3. The second-order valence-electron chi connectivity index (χ2n) is 6.71. The van der Waals surface area contributed by atoms with Gasteiger partial charge in [-0.1, -0.05) is 60.7 Å². The number of rotatable bonds is 2. The number of ether oxygens (including phenoxy) is 2. The maximum atomic E-state index is 6.13. The van der Waals surface area contributed by atoms with E-state index in [1.54, 1.807) is 0 Å².